The summed E-state index contributed by atoms with van der Waals surface area (Å²) in [4.78, 5) is 24.7. The van der Waals surface area contributed by atoms with Crippen LogP contribution in [0.1, 0.15) is 12.5 Å². The topological polar surface area (TPSA) is 82.3 Å². The minimum atomic E-state index is -0.503. The second kappa shape index (κ2) is 9.80. The number of halogens is 1. The molecule has 0 saturated carbocycles. The number of urea groups is 1. The van der Waals surface area contributed by atoms with E-state index in [1.54, 1.807) is 49.4 Å². The molecule has 3 aromatic carbocycles. The molecular formula is C23H23ClN4O2. The third-order valence-corrected chi connectivity index (χ3v) is 4.62. The summed E-state index contributed by atoms with van der Waals surface area (Å²) < 4.78 is 0. The molecule has 0 spiro atoms. The van der Waals surface area contributed by atoms with Crippen molar-refractivity contribution in [1.29, 1.82) is 0 Å². The Morgan fingerprint density at radius 3 is 2.23 bits per heavy atom. The van der Waals surface area contributed by atoms with Crippen LogP contribution >= 0.6 is 11.6 Å². The summed E-state index contributed by atoms with van der Waals surface area (Å²) in [5.74, 6) is -0.194. The molecule has 6 nitrogen and oxygen atoms in total. The molecule has 7 heteroatoms. The lowest BCUT2D eigenvalue weighted by molar-refractivity contribution is -0.116. The van der Waals surface area contributed by atoms with Crippen molar-refractivity contribution in [2.75, 3.05) is 21.3 Å². The van der Waals surface area contributed by atoms with Gasteiger partial charge in [-0.1, -0.05) is 41.9 Å². The van der Waals surface area contributed by atoms with E-state index in [9.17, 15) is 9.59 Å². The Balaban J connectivity index is 1.59. The summed E-state index contributed by atoms with van der Waals surface area (Å²) in [7, 11) is 0. The minimum absolute atomic E-state index is 0.194. The van der Waals surface area contributed by atoms with Gasteiger partial charge in [-0.05, 0) is 61.9 Å². The average Bonchev–Trinajstić information content (AvgIpc) is 2.71. The summed E-state index contributed by atoms with van der Waals surface area (Å²) in [6, 6.07) is 20.8. The third kappa shape index (κ3) is 5.99. The van der Waals surface area contributed by atoms with Crippen molar-refractivity contribution in [3.05, 3.63) is 83.4 Å². The maximum atomic E-state index is 12.5. The number of nitrogens with one attached hydrogen (secondary N) is 4. The summed E-state index contributed by atoms with van der Waals surface area (Å²) in [5, 5.41) is 12.1. The van der Waals surface area contributed by atoms with Crippen LogP contribution in [-0.4, -0.2) is 18.0 Å². The normalized spacial score (nSPS) is 11.3. The van der Waals surface area contributed by atoms with Gasteiger partial charge in [-0.15, -0.1) is 0 Å². The molecule has 0 aliphatic carbocycles. The smallest absolute Gasteiger partial charge is 0.323 e. The first-order chi connectivity index (χ1) is 14.4. The van der Waals surface area contributed by atoms with Crippen LogP contribution in [0.2, 0.25) is 5.02 Å². The number of carbonyl (C=O) groups excluding carboxylic acids is 2. The molecule has 1 atom stereocenters. The first-order valence-electron chi connectivity index (χ1n) is 9.47. The van der Waals surface area contributed by atoms with Crippen molar-refractivity contribution < 1.29 is 9.59 Å². The Bertz CT molecular complexity index is 1040. The van der Waals surface area contributed by atoms with Crippen molar-refractivity contribution in [3.63, 3.8) is 0 Å². The number of hydrogen-bond acceptors (Lipinski definition) is 3. The van der Waals surface area contributed by atoms with Crippen LogP contribution in [0.15, 0.2) is 72.8 Å². The molecule has 0 radical (unpaired) electrons. The third-order valence-electron chi connectivity index (χ3n) is 4.39. The summed E-state index contributed by atoms with van der Waals surface area (Å²) in [6.07, 6.45) is 0. The number of carbonyl (C=O) groups is 2. The number of hydrogen-bond donors (Lipinski definition) is 4. The maximum Gasteiger partial charge on any atom is 0.323 e. The number of anilines is 4. The number of rotatable bonds is 6. The SMILES string of the molecule is Cc1ccc(Cl)cc1NC(=O)[C@H](C)Nc1cccc(NC(=O)Nc2ccccc2)c1. The molecular weight excluding hydrogens is 400 g/mol. The number of amides is 3. The van der Waals surface area contributed by atoms with Crippen LogP contribution < -0.4 is 21.3 Å². The average molecular weight is 423 g/mol. The van der Waals surface area contributed by atoms with Gasteiger partial charge in [-0.25, -0.2) is 4.79 Å². The highest BCUT2D eigenvalue weighted by Crippen LogP contribution is 2.21. The van der Waals surface area contributed by atoms with E-state index in [1.165, 1.54) is 0 Å². The van der Waals surface area contributed by atoms with Crippen LogP contribution in [0.3, 0.4) is 0 Å². The molecule has 0 fully saturated rings. The molecule has 4 N–H and O–H groups in total. The van der Waals surface area contributed by atoms with Gasteiger partial charge in [0.2, 0.25) is 5.91 Å². The van der Waals surface area contributed by atoms with E-state index in [0.717, 1.165) is 5.56 Å². The van der Waals surface area contributed by atoms with Crippen LogP contribution in [0.4, 0.5) is 27.5 Å². The van der Waals surface area contributed by atoms with Crippen LogP contribution in [-0.2, 0) is 4.79 Å². The fraction of sp³-hybridized carbons (Fsp3) is 0.130. The fourth-order valence-electron chi connectivity index (χ4n) is 2.79. The molecule has 0 saturated heterocycles. The maximum absolute atomic E-state index is 12.5. The molecule has 0 aliphatic rings. The van der Waals surface area contributed by atoms with E-state index >= 15 is 0 Å². The van der Waals surface area contributed by atoms with Crippen molar-refractivity contribution in [2.24, 2.45) is 0 Å². The van der Waals surface area contributed by atoms with Crippen molar-refractivity contribution in [2.45, 2.75) is 19.9 Å². The van der Waals surface area contributed by atoms with Crippen LogP contribution in [0, 0.1) is 6.92 Å². The zero-order valence-corrected chi connectivity index (χ0v) is 17.5. The van der Waals surface area contributed by atoms with Gasteiger partial charge in [-0.2, -0.15) is 0 Å². The van der Waals surface area contributed by atoms with Gasteiger partial charge in [0.1, 0.15) is 6.04 Å². The van der Waals surface area contributed by atoms with Crippen molar-refractivity contribution in [1.82, 2.24) is 0 Å². The highest BCUT2D eigenvalue weighted by Gasteiger charge is 2.14. The standard InChI is InChI=1S/C23H23ClN4O2/c1-15-11-12-17(24)13-21(15)28-22(29)16(2)25-19-9-6-10-20(14-19)27-23(30)26-18-7-4-3-5-8-18/h3-14,16,25H,1-2H3,(H,28,29)(H2,26,27,30)/t16-/m0/s1. The Morgan fingerprint density at radius 1 is 0.800 bits per heavy atom. The molecule has 3 rings (SSSR count). The number of para-hydroxylation sites is 1. The zero-order valence-electron chi connectivity index (χ0n) is 16.7. The van der Waals surface area contributed by atoms with E-state index in [1.807, 2.05) is 37.3 Å². The summed E-state index contributed by atoms with van der Waals surface area (Å²) in [6.45, 7) is 3.66. The highest BCUT2D eigenvalue weighted by atomic mass is 35.5. The lowest BCUT2D eigenvalue weighted by Gasteiger charge is -2.17. The van der Waals surface area contributed by atoms with Crippen molar-refractivity contribution >= 4 is 46.3 Å². The molecule has 0 aromatic heterocycles. The molecule has 0 aliphatic heterocycles. The Hall–Kier alpha value is -3.51. The molecule has 3 amide bonds. The predicted octanol–water partition coefficient (Wildman–Crippen LogP) is 5.73. The first-order valence-corrected chi connectivity index (χ1v) is 9.85. The molecule has 0 unspecified atom stereocenters. The summed E-state index contributed by atoms with van der Waals surface area (Å²) >= 11 is 6.01. The van der Waals surface area contributed by atoms with Gasteiger partial charge in [0, 0.05) is 27.8 Å². The van der Waals surface area contributed by atoms with Crippen molar-refractivity contribution in [3.8, 4) is 0 Å². The lowest BCUT2D eigenvalue weighted by Crippen LogP contribution is -2.32. The quantitative estimate of drug-likeness (QED) is 0.409. The summed E-state index contributed by atoms with van der Waals surface area (Å²) in [5.41, 5.74) is 3.61. The predicted molar refractivity (Wildman–Crippen MR) is 123 cm³/mol. The van der Waals surface area contributed by atoms with Gasteiger partial charge in [0.15, 0.2) is 0 Å². The monoisotopic (exact) mass is 422 g/mol. The van der Waals surface area contributed by atoms with E-state index in [4.69, 9.17) is 11.6 Å². The molecule has 3 aromatic rings. The molecule has 154 valence electrons. The Morgan fingerprint density at radius 2 is 1.47 bits per heavy atom. The zero-order chi connectivity index (χ0) is 21.5. The minimum Gasteiger partial charge on any atom is -0.374 e. The molecule has 0 heterocycles. The van der Waals surface area contributed by atoms with Gasteiger partial charge < -0.3 is 21.3 Å². The fourth-order valence-corrected chi connectivity index (χ4v) is 2.96. The lowest BCUT2D eigenvalue weighted by atomic mass is 10.2. The van der Waals surface area contributed by atoms with Gasteiger partial charge >= 0.3 is 6.03 Å². The van der Waals surface area contributed by atoms with E-state index < -0.39 is 6.04 Å². The highest BCUT2D eigenvalue weighted by molar-refractivity contribution is 6.31. The second-order valence-electron chi connectivity index (χ2n) is 6.84. The second-order valence-corrected chi connectivity index (χ2v) is 7.28. The largest absolute Gasteiger partial charge is 0.374 e. The number of aryl methyl sites for hydroxylation is 1. The van der Waals surface area contributed by atoms with E-state index in [2.05, 4.69) is 21.3 Å². The Kier molecular flexibility index (Phi) is 6.93. The Labute approximate surface area is 180 Å². The van der Waals surface area contributed by atoms with E-state index in [-0.39, 0.29) is 11.9 Å². The van der Waals surface area contributed by atoms with Gasteiger partial charge in [0.05, 0.1) is 0 Å². The van der Waals surface area contributed by atoms with Crippen LogP contribution in [0.25, 0.3) is 0 Å². The molecule has 30 heavy (non-hydrogen) atoms. The number of benzene rings is 3. The van der Waals surface area contributed by atoms with Gasteiger partial charge in [-0.3, -0.25) is 4.79 Å². The van der Waals surface area contributed by atoms with Crippen LogP contribution in [0.5, 0.6) is 0 Å². The van der Waals surface area contributed by atoms with E-state index in [0.29, 0.717) is 27.8 Å². The molecule has 0 bridgehead atoms. The van der Waals surface area contributed by atoms with Gasteiger partial charge in [0.25, 0.3) is 0 Å². The first kappa shape index (κ1) is 21.2.